The molecule has 4 nitrogen and oxygen atoms in total. The van der Waals surface area contributed by atoms with Crippen LogP contribution in [-0.2, 0) is 0 Å². The molecule has 4 heteroatoms. The van der Waals surface area contributed by atoms with Crippen molar-refractivity contribution >= 4 is 0 Å². The summed E-state index contributed by atoms with van der Waals surface area (Å²) in [5, 5.41) is 0. The summed E-state index contributed by atoms with van der Waals surface area (Å²) in [5.41, 5.74) is 0. The minimum atomic E-state index is 0.153. The molecule has 0 saturated carbocycles. The molecule has 0 aromatic heterocycles. The number of hydrogen-bond acceptors (Lipinski definition) is 4. The third-order valence-corrected chi connectivity index (χ3v) is 6.12. The maximum atomic E-state index is 2.86. The molecule has 0 N–H and O–H groups in total. The average molecular weight is 292 g/mol. The highest BCUT2D eigenvalue weighted by molar-refractivity contribution is 4.97. The van der Waals surface area contributed by atoms with Crippen LogP contribution >= 0.6 is 0 Å². The predicted molar refractivity (Wildman–Crippen MR) is 86.0 cm³/mol. The molecule has 0 bridgehead atoms. The topological polar surface area (TPSA) is 13.0 Å². The maximum absolute atomic E-state index is 2.86. The van der Waals surface area contributed by atoms with Crippen LogP contribution in [0.5, 0.6) is 0 Å². The Morgan fingerprint density at radius 3 is 0.714 bits per heavy atom. The molecule has 120 valence electrons. The monoisotopic (exact) mass is 292 g/mol. The Morgan fingerprint density at radius 2 is 0.524 bits per heavy atom. The van der Waals surface area contributed by atoms with Gasteiger partial charge in [-0.05, 0) is 51.4 Å². The molecule has 21 heavy (non-hydrogen) atoms. The second kappa shape index (κ2) is 6.15. The second-order valence-corrected chi connectivity index (χ2v) is 7.38. The Labute approximate surface area is 130 Å². The number of hydrogen-bond donors (Lipinski definition) is 0. The quantitative estimate of drug-likeness (QED) is 0.785. The van der Waals surface area contributed by atoms with E-state index in [1.807, 2.05) is 0 Å². The van der Waals surface area contributed by atoms with Crippen molar-refractivity contribution in [3.05, 3.63) is 0 Å². The summed E-state index contributed by atoms with van der Waals surface area (Å²) in [6.45, 7) is 10.5. The molecule has 4 rings (SSSR count). The molecule has 0 aromatic rings. The molecule has 4 aliphatic heterocycles. The highest BCUT2D eigenvalue weighted by Gasteiger charge is 2.53. The van der Waals surface area contributed by atoms with Gasteiger partial charge in [-0.25, -0.2) is 0 Å². The molecule has 0 aromatic carbocycles. The lowest BCUT2D eigenvalue weighted by atomic mass is 10.3. The van der Waals surface area contributed by atoms with Gasteiger partial charge in [-0.2, -0.15) is 0 Å². The van der Waals surface area contributed by atoms with Crippen LogP contribution in [0.15, 0.2) is 0 Å². The first-order chi connectivity index (χ1) is 10.4. The molecule has 0 radical (unpaired) electrons. The van der Waals surface area contributed by atoms with Crippen molar-refractivity contribution < 1.29 is 0 Å². The Morgan fingerprint density at radius 1 is 0.333 bits per heavy atom. The van der Waals surface area contributed by atoms with Gasteiger partial charge in [-0.15, -0.1) is 0 Å². The normalized spacial score (nSPS) is 30.9. The van der Waals surface area contributed by atoms with E-state index in [0.29, 0.717) is 0 Å². The molecule has 0 unspecified atom stereocenters. The van der Waals surface area contributed by atoms with Gasteiger partial charge in [0.05, 0.1) is 0 Å². The van der Waals surface area contributed by atoms with E-state index in [9.17, 15) is 0 Å². The van der Waals surface area contributed by atoms with E-state index in [1.165, 1.54) is 104 Å². The van der Waals surface area contributed by atoms with Gasteiger partial charge < -0.3 is 0 Å². The van der Waals surface area contributed by atoms with Crippen LogP contribution in [-0.4, -0.2) is 77.9 Å². The summed E-state index contributed by atoms with van der Waals surface area (Å²) in [5.74, 6) is 0.153. The first-order valence-corrected chi connectivity index (χ1v) is 9.42. The molecule has 0 aliphatic carbocycles. The summed E-state index contributed by atoms with van der Waals surface area (Å²) in [4.78, 5) is 11.4. The summed E-state index contributed by atoms with van der Waals surface area (Å²) in [6, 6.07) is 0. The van der Waals surface area contributed by atoms with Gasteiger partial charge in [-0.1, -0.05) is 0 Å². The average Bonchev–Trinajstić information content (AvgIpc) is 3.32. The third-order valence-electron chi connectivity index (χ3n) is 6.12. The van der Waals surface area contributed by atoms with Gasteiger partial charge >= 0.3 is 0 Å². The number of rotatable bonds is 4. The first-order valence-electron chi connectivity index (χ1n) is 9.42. The molecule has 0 atom stereocenters. The minimum Gasteiger partial charge on any atom is -0.260 e. The lowest BCUT2D eigenvalue weighted by Crippen LogP contribution is -2.76. The number of nitrogens with zero attached hydrogens (tertiary/aromatic N) is 4. The van der Waals surface area contributed by atoms with Gasteiger partial charge in [0.25, 0.3) is 0 Å². The minimum absolute atomic E-state index is 0.153. The summed E-state index contributed by atoms with van der Waals surface area (Å²) >= 11 is 0. The van der Waals surface area contributed by atoms with Crippen LogP contribution in [0, 0.1) is 0 Å². The molecule has 4 saturated heterocycles. The smallest absolute Gasteiger partial charge is 0.191 e. The van der Waals surface area contributed by atoms with Crippen molar-refractivity contribution in [3.63, 3.8) is 0 Å². The maximum Gasteiger partial charge on any atom is 0.191 e. The van der Waals surface area contributed by atoms with E-state index in [-0.39, 0.29) is 5.91 Å². The number of likely N-dealkylation sites (tertiary alicyclic amines) is 4. The van der Waals surface area contributed by atoms with Crippen molar-refractivity contribution in [2.24, 2.45) is 0 Å². The zero-order chi connectivity index (χ0) is 14.1. The molecule has 4 aliphatic rings. The molecule has 4 fully saturated rings. The molecular weight excluding hydrogens is 260 g/mol. The zero-order valence-electron chi connectivity index (χ0n) is 13.6. The highest BCUT2D eigenvalue weighted by atomic mass is 15.7. The van der Waals surface area contributed by atoms with E-state index in [1.54, 1.807) is 0 Å². The van der Waals surface area contributed by atoms with Gasteiger partial charge in [-0.3, -0.25) is 19.6 Å². The summed E-state index contributed by atoms with van der Waals surface area (Å²) in [6.07, 6.45) is 11.2. The lowest BCUT2D eigenvalue weighted by molar-refractivity contribution is -0.239. The SMILES string of the molecule is C1CCN(C(N2CCCC2)(N2CCCC2)N2CCCC2)C1. The summed E-state index contributed by atoms with van der Waals surface area (Å²) < 4.78 is 0. The van der Waals surface area contributed by atoms with Crippen molar-refractivity contribution in [2.75, 3.05) is 52.4 Å². The van der Waals surface area contributed by atoms with Crippen LogP contribution < -0.4 is 0 Å². The predicted octanol–water partition coefficient (Wildman–Crippen LogP) is 1.98. The third kappa shape index (κ3) is 2.35. The fourth-order valence-electron chi connectivity index (χ4n) is 5.27. The first kappa shape index (κ1) is 14.4. The second-order valence-electron chi connectivity index (χ2n) is 7.38. The largest absolute Gasteiger partial charge is 0.260 e. The van der Waals surface area contributed by atoms with Crippen LogP contribution in [0.1, 0.15) is 51.4 Å². The van der Waals surface area contributed by atoms with Gasteiger partial charge in [0.2, 0.25) is 0 Å². The van der Waals surface area contributed by atoms with E-state index >= 15 is 0 Å². The van der Waals surface area contributed by atoms with Crippen LogP contribution in [0.2, 0.25) is 0 Å². The van der Waals surface area contributed by atoms with Crippen LogP contribution in [0.4, 0.5) is 0 Å². The Kier molecular flexibility index (Phi) is 4.23. The fraction of sp³-hybridized carbons (Fsp3) is 1.00. The Balaban J connectivity index is 1.71. The van der Waals surface area contributed by atoms with E-state index in [0.717, 1.165) is 0 Å². The van der Waals surface area contributed by atoms with Gasteiger partial charge in [0.1, 0.15) is 0 Å². The zero-order valence-corrected chi connectivity index (χ0v) is 13.6. The molecular formula is C17H32N4. The molecule has 0 spiro atoms. The van der Waals surface area contributed by atoms with Crippen molar-refractivity contribution in [1.82, 2.24) is 19.6 Å². The van der Waals surface area contributed by atoms with Crippen molar-refractivity contribution in [3.8, 4) is 0 Å². The van der Waals surface area contributed by atoms with Crippen molar-refractivity contribution in [2.45, 2.75) is 57.3 Å². The molecule has 0 amide bonds. The van der Waals surface area contributed by atoms with E-state index in [4.69, 9.17) is 0 Å². The summed E-state index contributed by atoms with van der Waals surface area (Å²) in [7, 11) is 0. The van der Waals surface area contributed by atoms with Crippen LogP contribution in [0.3, 0.4) is 0 Å². The van der Waals surface area contributed by atoms with E-state index < -0.39 is 0 Å². The van der Waals surface area contributed by atoms with Crippen LogP contribution in [0.25, 0.3) is 0 Å². The fourth-order valence-corrected chi connectivity index (χ4v) is 5.27. The standard InChI is InChI=1S/C17H32N4/c1-2-10-18(9-1)17(19-11-3-4-12-19,20-13-5-6-14-20)21-15-7-8-16-21/h1-16H2. The van der Waals surface area contributed by atoms with Gasteiger partial charge in [0, 0.05) is 52.4 Å². The highest BCUT2D eigenvalue weighted by Crippen LogP contribution is 2.39. The van der Waals surface area contributed by atoms with Crippen molar-refractivity contribution in [1.29, 1.82) is 0 Å². The van der Waals surface area contributed by atoms with Gasteiger partial charge in [0.15, 0.2) is 5.91 Å². The molecule has 4 heterocycles. The van der Waals surface area contributed by atoms with E-state index in [2.05, 4.69) is 19.6 Å². The Hall–Kier alpha value is -0.160. The lowest BCUT2D eigenvalue weighted by Gasteiger charge is -2.57. The Bertz CT molecular complexity index is 265.